The first kappa shape index (κ1) is 47.5. The predicted molar refractivity (Wildman–Crippen MR) is 262 cm³/mol. The van der Waals surface area contributed by atoms with Crippen molar-refractivity contribution in [2.45, 2.75) is 120 Å². The predicted octanol–water partition coefficient (Wildman–Crippen LogP) is 12.7. The second-order valence-electron chi connectivity index (χ2n) is 17.5. The number of hydrogen-bond donors (Lipinski definition) is 2. The van der Waals surface area contributed by atoms with Gasteiger partial charge in [0.05, 0.1) is 6.04 Å². The van der Waals surface area contributed by atoms with Crippen LogP contribution in [0.5, 0.6) is 0 Å². The van der Waals surface area contributed by atoms with E-state index in [0.717, 1.165) is 6.42 Å². The van der Waals surface area contributed by atoms with Gasteiger partial charge in [-0.2, -0.15) is 25.3 Å². The molecule has 320 valence electrons. The average Bonchev–Trinajstić information content (AvgIpc) is 4.01. The summed E-state index contributed by atoms with van der Waals surface area (Å²) in [6, 6.07) is 44.4. The molecule has 0 saturated carbocycles. The molecule has 7 heteroatoms. The summed E-state index contributed by atoms with van der Waals surface area (Å²) in [4.78, 5) is 19.3. The maximum atomic E-state index is 11.4. The summed E-state index contributed by atoms with van der Waals surface area (Å²) < 4.78 is 0. The van der Waals surface area contributed by atoms with Crippen molar-refractivity contribution in [1.29, 1.82) is 0 Å². The second kappa shape index (κ2) is 25.4. The Morgan fingerprint density at radius 3 is 1.39 bits per heavy atom. The summed E-state index contributed by atoms with van der Waals surface area (Å²) in [5, 5.41) is 1.18. The van der Waals surface area contributed by atoms with Gasteiger partial charge in [-0.25, -0.2) is 0 Å². The summed E-state index contributed by atoms with van der Waals surface area (Å²) in [7, 11) is 0. The van der Waals surface area contributed by atoms with Gasteiger partial charge in [0.25, 0.3) is 0 Å². The highest BCUT2D eigenvalue weighted by Crippen LogP contribution is 2.40. The zero-order chi connectivity index (χ0) is 42.0. The van der Waals surface area contributed by atoms with Crippen LogP contribution >= 0.6 is 37.0 Å². The van der Waals surface area contributed by atoms with Crippen LogP contribution in [-0.4, -0.2) is 76.4 Å². The molecule has 3 saturated heterocycles. The van der Waals surface area contributed by atoms with Gasteiger partial charge in [-0.1, -0.05) is 167 Å². The van der Waals surface area contributed by atoms with Crippen molar-refractivity contribution in [3.8, 4) is 0 Å². The van der Waals surface area contributed by atoms with Crippen molar-refractivity contribution in [3.63, 3.8) is 0 Å². The molecular formula is C52H73N3OS3. The van der Waals surface area contributed by atoms with Crippen LogP contribution in [0.1, 0.15) is 118 Å². The van der Waals surface area contributed by atoms with Gasteiger partial charge < -0.3 is 0 Å². The van der Waals surface area contributed by atoms with Crippen LogP contribution in [-0.2, 0) is 11.2 Å². The van der Waals surface area contributed by atoms with Gasteiger partial charge in [-0.3, -0.25) is 19.5 Å². The highest BCUT2D eigenvalue weighted by Gasteiger charge is 2.35. The fourth-order valence-corrected chi connectivity index (χ4v) is 11.6. The molecule has 3 aliphatic rings. The van der Waals surface area contributed by atoms with Crippen LogP contribution in [0.15, 0.2) is 121 Å². The molecule has 3 heterocycles. The lowest BCUT2D eigenvalue weighted by atomic mass is 9.92. The molecule has 0 N–H and O–H groups in total. The van der Waals surface area contributed by atoms with Crippen LogP contribution in [0.3, 0.4) is 0 Å². The van der Waals surface area contributed by atoms with Crippen LogP contribution in [0.4, 0.5) is 0 Å². The molecule has 0 aromatic heterocycles. The molecule has 59 heavy (non-hydrogen) atoms. The van der Waals surface area contributed by atoms with Crippen molar-refractivity contribution >= 4 is 42.1 Å². The Labute approximate surface area is 374 Å². The number of thioether (sulfide) groups is 1. The fraction of sp³-hybridized carbons (Fsp3) is 0.519. The first-order valence-corrected chi connectivity index (χ1v) is 24.5. The molecule has 0 bridgehead atoms. The number of rotatable bonds is 14. The SMILES string of the molecule is CC(=O)S[C@H](C(C)C)[C@H](C(C)C)N1CCCC1.S[C@H](c1ccccc1)[C@H](Cc1ccccc1)N1CCCCC1.S[C@H](c1ccccc1)[C@H](c1ccccc1)N1CCCC1. The molecule has 4 nitrogen and oxygen atoms in total. The quantitative estimate of drug-likeness (QED) is 0.123. The summed E-state index contributed by atoms with van der Waals surface area (Å²) >= 11 is 11.5. The molecule has 6 atom stereocenters. The van der Waals surface area contributed by atoms with E-state index in [4.69, 9.17) is 25.3 Å². The fourth-order valence-electron chi connectivity index (χ4n) is 9.35. The minimum Gasteiger partial charge on any atom is -0.299 e. The van der Waals surface area contributed by atoms with E-state index in [1.165, 1.54) is 106 Å². The molecule has 0 amide bonds. The summed E-state index contributed by atoms with van der Waals surface area (Å²) in [6.45, 7) is 18.0. The summed E-state index contributed by atoms with van der Waals surface area (Å²) in [6.07, 6.45) is 10.3. The van der Waals surface area contributed by atoms with E-state index >= 15 is 0 Å². The van der Waals surface area contributed by atoms with E-state index in [9.17, 15) is 4.79 Å². The van der Waals surface area contributed by atoms with Gasteiger partial charge in [0.15, 0.2) is 5.12 Å². The van der Waals surface area contributed by atoms with E-state index in [2.05, 4.69) is 164 Å². The Morgan fingerprint density at radius 1 is 0.525 bits per heavy atom. The Kier molecular flexibility index (Phi) is 20.5. The highest BCUT2D eigenvalue weighted by molar-refractivity contribution is 8.14. The van der Waals surface area contributed by atoms with Crippen molar-refractivity contribution in [2.75, 3.05) is 39.3 Å². The van der Waals surface area contributed by atoms with Crippen molar-refractivity contribution in [2.24, 2.45) is 11.8 Å². The molecule has 4 aromatic carbocycles. The summed E-state index contributed by atoms with van der Waals surface area (Å²) in [5.74, 6) is 1.17. The van der Waals surface area contributed by atoms with Gasteiger partial charge in [0.1, 0.15) is 0 Å². The topological polar surface area (TPSA) is 26.8 Å². The average molecular weight is 852 g/mol. The van der Waals surface area contributed by atoms with Gasteiger partial charge in [0, 0.05) is 34.8 Å². The van der Waals surface area contributed by atoms with Crippen molar-refractivity contribution in [1.82, 2.24) is 14.7 Å². The lowest BCUT2D eigenvalue weighted by Crippen LogP contribution is -2.46. The van der Waals surface area contributed by atoms with E-state index in [0.29, 0.717) is 35.2 Å². The van der Waals surface area contributed by atoms with Crippen LogP contribution in [0.2, 0.25) is 0 Å². The van der Waals surface area contributed by atoms with E-state index in [-0.39, 0.29) is 15.6 Å². The normalized spacial score (nSPS) is 19.5. The third-order valence-corrected chi connectivity index (χ3v) is 15.0. The second-order valence-corrected chi connectivity index (χ2v) is 19.9. The van der Waals surface area contributed by atoms with E-state index in [1.807, 2.05) is 0 Å². The zero-order valence-corrected chi connectivity index (χ0v) is 39.2. The van der Waals surface area contributed by atoms with Gasteiger partial charge in [-0.05, 0) is 118 Å². The monoisotopic (exact) mass is 851 g/mol. The Morgan fingerprint density at radius 2 is 0.932 bits per heavy atom. The number of carbonyl (C=O) groups excluding carboxylic acids is 1. The van der Waals surface area contributed by atoms with Crippen LogP contribution < -0.4 is 0 Å². The molecule has 4 aromatic rings. The minimum atomic E-state index is 0.219. The molecule has 0 unspecified atom stereocenters. The number of nitrogens with zero attached hydrogens (tertiary/aromatic N) is 3. The smallest absolute Gasteiger partial charge is 0.186 e. The molecule has 3 aliphatic heterocycles. The zero-order valence-electron chi connectivity index (χ0n) is 36.6. The maximum absolute atomic E-state index is 11.4. The number of thiol groups is 2. The lowest BCUT2D eigenvalue weighted by molar-refractivity contribution is -0.109. The highest BCUT2D eigenvalue weighted by atomic mass is 32.2. The largest absolute Gasteiger partial charge is 0.299 e. The van der Waals surface area contributed by atoms with E-state index < -0.39 is 0 Å². The number of carbonyl (C=O) groups is 1. The molecule has 7 rings (SSSR count). The van der Waals surface area contributed by atoms with E-state index in [1.54, 1.807) is 18.7 Å². The minimum absolute atomic E-state index is 0.219. The molecule has 3 fully saturated rings. The van der Waals surface area contributed by atoms with Crippen molar-refractivity contribution < 1.29 is 4.79 Å². The summed E-state index contributed by atoms with van der Waals surface area (Å²) in [5.41, 5.74) is 5.42. The third kappa shape index (κ3) is 14.8. The maximum Gasteiger partial charge on any atom is 0.186 e. The van der Waals surface area contributed by atoms with Crippen LogP contribution in [0.25, 0.3) is 0 Å². The molecule has 0 spiro atoms. The molecule has 0 aliphatic carbocycles. The van der Waals surface area contributed by atoms with Crippen LogP contribution in [0, 0.1) is 11.8 Å². The van der Waals surface area contributed by atoms with Gasteiger partial charge >= 0.3 is 0 Å². The lowest BCUT2D eigenvalue weighted by Gasteiger charge is -2.38. The molecular weight excluding hydrogens is 779 g/mol. The van der Waals surface area contributed by atoms with Gasteiger partial charge in [-0.15, -0.1) is 0 Å². The van der Waals surface area contributed by atoms with Gasteiger partial charge in [0.2, 0.25) is 0 Å². The Bertz CT molecular complexity index is 1710. The number of likely N-dealkylation sites (tertiary alicyclic amines) is 3. The first-order chi connectivity index (χ1) is 28.6. The third-order valence-electron chi connectivity index (χ3n) is 12.3. The standard InChI is InChI=1S/C20H25NS.C18H21NS.C14H27NOS/c22-20(18-12-6-2-7-13-18)19(21-14-8-3-9-15-21)16-17-10-4-1-5-11-17;20-18(16-11-5-2-6-12-16)17(19-13-7-8-14-19)15-9-3-1-4-10-15;1-10(2)13(15-8-6-7-9-15)14(11(3)4)17-12(5)16/h1-2,4-7,10-13,19-20,22H,3,8-9,14-16H2;1-6,9-12,17-18,20H,7-8,13-14H2;10-11,13-14H,6-9H2,1-5H3/t19-,20+;17-,18+;13-,14+/m000/s1. The molecule has 0 radical (unpaired) electrons. The number of hydrogen-bond acceptors (Lipinski definition) is 7. The number of benzene rings is 4. The van der Waals surface area contributed by atoms with Crippen molar-refractivity contribution in [3.05, 3.63) is 144 Å². The Balaban J connectivity index is 0.000000170. The first-order valence-electron chi connectivity index (χ1n) is 22.6. The Hall–Kier alpha value is -2.52. The number of piperidine rings is 1.